The van der Waals surface area contributed by atoms with Crippen LogP contribution in [0.25, 0.3) is 0 Å². The fraction of sp³-hybridized carbons (Fsp3) is 0.458. The smallest absolute Gasteiger partial charge is 0.399 e. The first-order chi connectivity index (χ1) is 14.2. The largest absolute Gasteiger partial charge is 0.495 e. The lowest BCUT2D eigenvalue weighted by atomic mass is 9.73. The van der Waals surface area contributed by atoms with Gasteiger partial charge in [-0.05, 0) is 59.5 Å². The maximum atomic E-state index is 13.3. The van der Waals surface area contributed by atoms with Gasteiger partial charge in [0.15, 0.2) is 15.6 Å². The second kappa shape index (κ2) is 8.19. The highest BCUT2D eigenvalue weighted by atomic mass is 32.2. The number of carbonyl (C=O) groups excluding carboxylic acids is 1. The molecular weight excluding hydrogens is 411 g/mol. The van der Waals surface area contributed by atoms with Gasteiger partial charge in [-0.3, -0.25) is 4.79 Å². The fourth-order valence-corrected chi connectivity index (χ4v) is 4.31. The van der Waals surface area contributed by atoms with Gasteiger partial charge >= 0.3 is 7.12 Å². The van der Waals surface area contributed by atoms with E-state index in [9.17, 15) is 13.2 Å². The Morgan fingerprint density at radius 2 is 1.52 bits per heavy atom. The van der Waals surface area contributed by atoms with Crippen molar-refractivity contribution in [2.75, 3.05) is 0 Å². The lowest BCUT2D eigenvalue weighted by Gasteiger charge is -2.32. The van der Waals surface area contributed by atoms with Crippen molar-refractivity contribution in [3.05, 3.63) is 64.7 Å². The van der Waals surface area contributed by atoms with Crippen LogP contribution in [-0.2, 0) is 24.9 Å². The number of rotatable bonds is 6. The zero-order valence-electron chi connectivity index (χ0n) is 19.4. The van der Waals surface area contributed by atoms with E-state index in [1.807, 2.05) is 46.8 Å². The Hall–Kier alpha value is -1.96. The molecule has 5 nitrogen and oxygen atoms in total. The summed E-state index contributed by atoms with van der Waals surface area (Å²) in [4.78, 5) is 13.3. The van der Waals surface area contributed by atoms with Gasteiger partial charge in [0, 0.05) is 11.1 Å². The number of hydrogen-bond acceptors (Lipinski definition) is 5. The van der Waals surface area contributed by atoms with Crippen LogP contribution in [0.3, 0.4) is 0 Å². The summed E-state index contributed by atoms with van der Waals surface area (Å²) in [7, 11) is -4.06. The van der Waals surface area contributed by atoms with Gasteiger partial charge in [-0.2, -0.15) is 0 Å². The van der Waals surface area contributed by atoms with Crippen LogP contribution in [-0.4, -0.2) is 37.8 Å². The molecule has 1 saturated heterocycles. The maximum Gasteiger partial charge on any atom is 0.495 e. The number of ketones is 1. The molecule has 0 saturated carbocycles. The van der Waals surface area contributed by atoms with E-state index in [1.54, 1.807) is 44.2 Å². The Balaban J connectivity index is 2.08. The molecule has 2 aromatic rings. The van der Waals surface area contributed by atoms with Gasteiger partial charge in [0.2, 0.25) is 0 Å². The fourth-order valence-electron chi connectivity index (χ4n) is 3.33. The van der Waals surface area contributed by atoms with Gasteiger partial charge in [0.05, 0.1) is 22.2 Å². The second-order valence-electron chi connectivity index (χ2n) is 9.56. The van der Waals surface area contributed by atoms with E-state index in [1.165, 1.54) is 0 Å². The minimum atomic E-state index is -3.29. The first kappa shape index (κ1) is 23.7. The van der Waals surface area contributed by atoms with E-state index < -0.39 is 33.4 Å². The van der Waals surface area contributed by atoms with Crippen molar-refractivity contribution in [1.82, 2.24) is 0 Å². The minimum absolute atomic E-state index is 0.101. The maximum absolute atomic E-state index is 13.3. The number of carbonyl (C=O) groups is 1. The van der Waals surface area contributed by atoms with Crippen LogP contribution in [0.4, 0.5) is 0 Å². The van der Waals surface area contributed by atoms with Gasteiger partial charge in [-0.25, -0.2) is 8.42 Å². The van der Waals surface area contributed by atoms with Crippen LogP contribution in [0.5, 0.6) is 0 Å². The Morgan fingerprint density at radius 3 is 2.03 bits per heavy atom. The lowest BCUT2D eigenvalue weighted by molar-refractivity contribution is 0.00578. The number of aryl methyl sites for hydroxylation is 1. The number of sulfone groups is 1. The van der Waals surface area contributed by atoms with Crippen LogP contribution < -0.4 is 5.46 Å². The van der Waals surface area contributed by atoms with Crippen molar-refractivity contribution in [2.45, 2.75) is 70.7 Å². The van der Waals surface area contributed by atoms with Crippen molar-refractivity contribution in [3.8, 4) is 0 Å². The summed E-state index contributed by atoms with van der Waals surface area (Å²) in [6.45, 7) is 13.1. The first-order valence-corrected chi connectivity index (χ1v) is 12.3. The molecule has 1 aliphatic rings. The third-order valence-electron chi connectivity index (χ3n) is 6.27. The molecule has 3 rings (SSSR count). The van der Waals surface area contributed by atoms with Crippen molar-refractivity contribution >= 4 is 28.2 Å². The summed E-state index contributed by atoms with van der Waals surface area (Å²) in [6, 6.07) is 12.5. The van der Waals surface area contributed by atoms with E-state index in [0.717, 1.165) is 5.56 Å². The van der Waals surface area contributed by atoms with Gasteiger partial charge in [0.1, 0.15) is 0 Å². The van der Waals surface area contributed by atoms with Gasteiger partial charge in [-0.1, -0.05) is 48.0 Å². The monoisotopic (exact) mass is 442 g/mol. The predicted molar refractivity (Wildman–Crippen MR) is 125 cm³/mol. The van der Waals surface area contributed by atoms with Crippen LogP contribution in [0.1, 0.15) is 68.6 Å². The van der Waals surface area contributed by atoms with Crippen LogP contribution in [0.15, 0.2) is 42.5 Å². The molecule has 1 heterocycles. The van der Waals surface area contributed by atoms with Crippen molar-refractivity contribution in [1.29, 1.82) is 0 Å². The molecule has 0 atom stereocenters. The van der Waals surface area contributed by atoms with E-state index >= 15 is 0 Å². The molecule has 0 radical (unpaired) electrons. The summed E-state index contributed by atoms with van der Waals surface area (Å²) in [5, 5.41) is -0.485. The molecule has 1 fully saturated rings. The summed E-state index contributed by atoms with van der Waals surface area (Å²) < 4.78 is 37.4. The molecule has 0 aromatic heterocycles. The quantitative estimate of drug-likeness (QED) is 0.502. The third-order valence-corrected chi connectivity index (χ3v) is 8.44. The predicted octanol–water partition coefficient (Wildman–Crippen LogP) is 3.85. The van der Waals surface area contributed by atoms with E-state index in [0.29, 0.717) is 22.2 Å². The molecule has 0 aliphatic carbocycles. The molecular formula is C24H31BO5S. The first-order valence-electron chi connectivity index (χ1n) is 10.5. The van der Waals surface area contributed by atoms with E-state index in [4.69, 9.17) is 9.31 Å². The van der Waals surface area contributed by atoms with Gasteiger partial charge < -0.3 is 9.31 Å². The van der Waals surface area contributed by atoms with Crippen molar-refractivity contribution in [3.63, 3.8) is 0 Å². The Morgan fingerprint density at radius 1 is 0.968 bits per heavy atom. The SMILES string of the molecule is Cc1ccc(C(=O)c2ccc(CS(=O)(=O)C(C)C)cc2B2OC(C)(C)C(C)(C)O2)cc1. The Kier molecular flexibility index (Phi) is 6.26. The molecule has 1 aliphatic heterocycles. The number of hydrogen-bond donors (Lipinski definition) is 0. The Bertz CT molecular complexity index is 1070. The van der Waals surface area contributed by atoms with Crippen LogP contribution >= 0.6 is 0 Å². The lowest BCUT2D eigenvalue weighted by Crippen LogP contribution is -2.41. The zero-order chi connectivity index (χ0) is 23.2. The molecule has 2 aromatic carbocycles. The highest BCUT2D eigenvalue weighted by molar-refractivity contribution is 7.91. The van der Waals surface area contributed by atoms with Gasteiger partial charge in [0.25, 0.3) is 0 Å². The van der Waals surface area contributed by atoms with E-state index in [-0.39, 0.29) is 11.5 Å². The normalized spacial score (nSPS) is 17.9. The average Bonchev–Trinajstić information content (AvgIpc) is 2.88. The molecule has 31 heavy (non-hydrogen) atoms. The summed E-state index contributed by atoms with van der Waals surface area (Å²) in [5.74, 6) is -0.251. The number of benzene rings is 2. The summed E-state index contributed by atoms with van der Waals surface area (Å²) in [6.07, 6.45) is 0. The zero-order valence-corrected chi connectivity index (χ0v) is 20.2. The highest BCUT2D eigenvalue weighted by Gasteiger charge is 2.52. The molecule has 0 bridgehead atoms. The van der Waals surface area contributed by atoms with Gasteiger partial charge in [-0.15, -0.1) is 0 Å². The molecule has 0 unspecified atom stereocenters. The topological polar surface area (TPSA) is 69.7 Å². The summed E-state index contributed by atoms with van der Waals surface area (Å²) in [5.41, 5.74) is 2.08. The molecule has 166 valence electrons. The van der Waals surface area contributed by atoms with Crippen molar-refractivity contribution < 1.29 is 22.5 Å². The average molecular weight is 442 g/mol. The molecule has 7 heteroatoms. The Labute approximate surface area is 186 Å². The molecule has 0 N–H and O–H groups in total. The van der Waals surface area contributed by atoms with Crippen LogP contribution in [0, 0.1) is 6.92 Å². The standard InChI is InChI=1S/C24H31BO5S/c1-16(2)31(27,28)15-18-10-13-20(22(26)19-11-8-17(3)9-12-19)21(14-18)25-29-23(4,5)24(6,7)30-25/h8-14,16H,15H2,1-7H3. The van der Waals surface area contributed by atoms with Crippen molar-refractivity contribution in [2.24, 2.45) is 0 Å². The third kappa shape index (κ3) is 4.79. The molecule has 0 spiro atoms. The van der Waals surface area contributed by atoms with E-state index in [2.05, 4.69) is 0 Å². The summed E-state index contributed by atoms with van der Waals surface area (Å²) >= 11 is 0. The highest BCUT2D eigenvalue weighted by Crippen LogP contribution is 2.37. The second-order valence-corrected chi connectivity index (χ2v) is 12.1. The minimum Gasteiger partial charge on any atom is -0.399 e. The molecule has 0 amide bonds. The van der Waals surface area contributed by atoms with Crippen LogP contribution in [0.2, 0.25) is 0 Å².